The first-order valence-corrected chi connectivity index (χ1v) is 13.4. The number of fused-ring (bicyclic) bond motifs is 2. The molecule has 5 aromatic rings. The molecule has 0 radical (unpaired) electrons. The van der Waals surface area contributed by atoms with Gasteiger partial charge >= 0.3 is 0 Å². The molecular weight excluding hydrogens is 513 g/mol. The van der Waals surface area contributed by atoms with Crippen molar-refractivity contribution < 1.29 is 0 Å². The van der Waals surface area contributed by atoms with E-state index in [0.29, 0.717) is 0 Å². The molecule has 0 atom stereocenters. The van der Waals surface area contributed by atoms with E-state index in [-0.39, 0.29) is 20.7 Å². The van der Waals surface area contributed by atoms with Gasteiger partial charge in [0.05, 0.1) is 11.4 Å². The van der Waals surface area contributed by atoms with E-state index in [1.165, 1.54) is 47.8 Å². The number of anilines is 3. The highest BCUT2D eigenvalue weighted by Gasteiger charge is 2.18. The molecule has 0 saturated heterocycles. The van der Waals surface area contributed by atoms with Crippen LogP contribution < -0.4 is 4.90 Å². The largest absolute Gasteiger partial charge is 0.309 e. The highest BCUT2D eigenvalue weighted by molar-refractivity contribution is 14.2. The fourth-order valence-corrected chi connectivity index (χ4v) is 6.43. The van der Waals surface area contributed by atoms with E-state index in [1.807, 2.05) is 0 Å². The number of rotatable bonds is 4. The van der Waals surface area contributed by atoms with Crippen LogP contribution in [0.15, 0.2) is 127 Å². The van der Waals surface area contributed by atoms with E-state index < -0.39 is 0 Å². The molecule has 1 aliphatic heterocycles. The molecular formula is C31H22IN. The number of halogens is 1. The molecule has 0 unspecified atom stereocenters. The van der Waals surface area contributed by atoms with Gasteiger partial charge in [-0.15, -0.1) is 0 Å². The van der Waals surface area contributed by atoms with Gasteiger partial charge in [0, 0.05) is 20.0 Å². The molecule has 1 nitrogen and oxygen atoms in total. The van der Waals surface area contributed by atoms with E-state index in [9.17, 15) is 0 Å². The Labute approximate surface area is 204 Å². The van der Waals surface area contributed by atoms with E-state index in [0.717, 1.165) is 0 Å². The Morgan fingerprint density at radius 2 is 1.15 bits per heavy atom. The summed E-state index contributed by atoms with van der Waals surface area (Å²) in [6.45, 7) is 0. The molecule has 2 heteroatoms. The average molecular weight is 535 g/mol. The van der Waals surface area contributed by atoms with Gasteiger partial charge in [0.2, 0.25) is 0 Å². The first kappa shape index (κ1) is 20.1. The van der Waals surface area contributed by atoms with Crippen LogP contribution in [0.1, 0.15) is 5.56 Å². The summed E-state index contributed by atoms with van der Waals surface area (Å²) in [6.07, 6.45) is 6.59. The summed E-state index contributed by atoms with van der Waals surface area (Å²) in [4.78, 5) is 2.43. The summed E-state index contributed by atoms with van der Waals surface area (Å²) in [7, 11) is 0. The van der Waals surface area contributed by atoms with Crippen LogP contribution in [-0.2, 0) is 0 Å². The first-order chi connectivity index (χ1) is 16.4. The fourth-order valence-electron chi connectivity index (χ4n) is 4.49. The van der Waals surface area contributed by atoms with Crippen LogP contribution in [0.25, 0.3) is 25.1 Å². The number of nitrogens with zero attached hydrogens (tertiary/aromatic N) is 1. The van der Waals surface area contributed by atoms with Gasteiger partial charge in [-0.25, -0.2) is 0 Å². The molecule has 1 aliphatic rings. The minimum Gasteiger partial charge on any atom is -0.309 e. The summed E-state index contributed by atoms with van der Waals surface area (Å²) in [5, 5.41) is 4.99. The van der Waals surface area contributed by atoms with Crippen LogP contribution in [0.2, 0.25) is 0 Å². The number of hydrogen-bond acceptors (Lipinski definition) is 1. The summed E-state index contributed by atoms with van der Waals surface area (Å²) >= 11 is -0.0997. The van der Waals surface area contributed by atoms with Crippen molar-refractivity contribution in [3.8, 4) is 0 Å². The van der Waals surface area contributed by atoms with Crippen LogP contribution in [0.5, 0.6) is 0 Å². The van der Waals surface area contributed by atoms with Crippen molar-refractivity contribution >= 4 is 66.9 Å². The fraction of sp³-hybridized carbons (Fsp3) is 0. The summed E-state index contributed by atoms with van der Waals surface area (Å²) < 4.78 is 3.78. The minimum absolute atomic E-state index is 0.0997. The smallest absolute Gasteiger partial charge is 0.0540 e. The van der Waals surface area contributed by atoms with Crippen molar-refractivity contribution in [1.29, 1.82) is 0 Å². The van der Waals surface area contributed by atoms with Crippen LogP contribution in [0.3, 0.4) is 0 Å². The van der Waals surface area contributed by atoms with Crippen LogP contribution in [-0.4, -0.2) is 4.01 Å². The first-order valence-electron chi connectivity index (χ1n) is 11.1. The van der Waals surface area contributed by atoms with E-state index in [2.05, 4.69) is 136 Å². The molecule has 0 aromatic heterocycles. The lowest BCUT2D eigenvalue weighted by Crippen LogP contribution is -2.11. The van der Waals surface area contributed by atoms with Crippen LogP contribution in [0, 0.1) is 0 Å². The highest BCUT2D eigenvalue weighted by Crippen LogP contribution is 2.43. The molecule has 0 fully saturated rings. The van der Waals surface area contributed by atoms with Crippen LogP contribution >= 0.6 is 20.7 Å². The van der Waals surface area contributed by atoms with Gasteiger partial charge in [0.25, 0.3) is 0 Å². The van der Waals surface area contributed by atoms with Crippen molar-refractivity contribution in [3.05, 3.63) is 133 Å². The van der Waals surface area contributed by atoms with Gasteiger partial charge in [0.15, 0.2) is 0 Å². The number of benzene rings is 5. The zero-order valence-corrected chi connectivity index (χ0v) is 20.2. The molecule has 6 rings (SSSR count). The summed E-state index contributed by atoms with van der Waals surface area (Å²) in [5.74, 6) is 0. The second kappa shape index (κ2) is 8.80. The van der Waals surface area contributed by atoms with Crippen molar-refractivity contribution in [1.82, 2.24) is 0 Å². The van der Waals surface area contributed by atoms with E-state index in [1.54, 1.807) is 0 Å². The highest BCUT2D eigenvalue weighted by atomic mass is 127. The maximum atomic E-state index is 2.43. The average Bonchev–Trinajstić information content (AvgIpc) is 2.90. The third kappa shape index (κ3) is 3.81. The second-order valence-corrected chi connectivity index (χ2v) is 10.5. The quantitative estimate of drug-likeness (QED) is 0.208. The molecule has 0 N–H and O–H groups in total. The molecule has 0 bridgehead atoms. The van der Waals surface area contributed by atoms with Crippen molar-refractivity contribution in [2.45, 2.75) is 0 Å². The summed E-state index contributed by atoms with van der Waals surface area (Å²) in [5.41, 5.74) is 4.88. The van der Waals surface area contributed by atoms with Crippen molar-refractivity contribution in [3.63, 3.8) is 0 Å². The Bertz CT molecular complexity index is 1490. The van der Waals surface area contributed by atoms with Gasteiger partial charge in [-0.2, -0.15) is 0 Å². The Morgan fingerprint density at radius 3 is 1.79 bits per heavy atom. The molecule has 33 heavy (non-hydrogen) atoms. The lowest BCUT2D eigenvalue weighted by molar-refractivity contribution is 1.31. The van der Waals surface area contributed by atoms with Crippen molar-refractivity contribution in [2.75, 3.05) is 4.90 Å². The van der Waals surface area contributed by atoms with Gasteiger partial charge < -0.3 is 4.90 Å². The third-order valence-electron chi connectivity index (χ3n) is 6.00. The minimum atomic E-state index is -0.0997. The lowest BCUT2D eigenvalue weighted by Gasteiger charge is -2.28. The summed E-state index contributed by atoms with van der Waals surface area (Å²) in [6, 6.07) is 39.5. The molecule has 0 aliphatic carbocycles. The Morgan fingerprint density at radius 1 is 0.545 bits per heavy atom. The van der Waals surface area contributed by atoms with Gasteiger partial charge in [-0.1, -0.05) is 118 Å². The Hall–Kier alpha value is -3.50. The Kier molecular flexibility index (Phi) is 5.37. The number of allylic oxidation sites excluding steroid dienone is 3. The number of hydrogen-bond donors (Lipinski definition) is 0. The second-order valence-electron chi connectivity index (χ2n) is 8.02. The molecule has 158 valence electrons. The maximum absolute atomic E-state index is 2.43. The normalized spacial score (nSPS) is 13.0. The standard InChI is InChI=1S/C31H22IN/c1-3-16-27-23(10-1)12-8-19-30(27)33(31-20-9-13-24-11-2-4-17-28(24)31)26-15-7-14-25(22-26)29-18-5-6-21-32-29/h1-22H. The zero-order chi connectivity index (χ0) is 22.0. The molecule has 5 aromatic carbocycles. The van der Waals surface area contributed by atoms with E-state index >= 15 is 0 Å². The SMILES string of the molecule is C1=CC=C(c2cccc(N(c3cccc4ccccc34)c3cccc4ccccc34)c2)I=C1. The molecule has 0 amide bonds. The molecule has 0 saturated carbocycles. The van der Waals surface area contributed by atoms with Gasteiger partial charge in [-0.05, 0) is 50.7 Å². The molecule has 1 heterocycles. The third-order valence-corrected chi connectivity index (χ3v) is 8.43. The monoisotopic (exact) mass is 535 g/mol. The predicted octanol–water partition coefficient (Wildman–Crippen LogP) is 9.15. The van der Waals surface area contributed by atoms with Gasteiger partial charge in [0.1, 0.15) is 0 Å². The predicted molar refractivity (Wildman–Crippen MR) is 153 cm³/mol. The topological polar surface area (TPSA) is 3.24 Å². The maximum Gasteiger partial charge on any atom is 0.0540 e. The van der Waals surface area contributed by atoms with Crippen LogP contribution in [0.4, 0.5) is 17.1 Å². The van der Waals surface area contributed by atoms with E-state index in [4.69, 9.17) is 0 Å². The molecule has 0 spiro atoms. The lowest BCUT2D eigenvalue weighted by atomic mass is 10.0. The Balaban J connectivity index is 1.63. The zero-order valence-electron chi connectivity index (χ0n) is 18.0. The van der Waals surface area contributed by atoms with Gasteiger partial charge in [-0.3, -0.25) is 0 Å². The van der Waals surface area contributed by atoms with Crippen molar-refractivity contribution in [2.24, 2.45) is 0 Å².